The summed E-state index contributed by atoms with van der Waals surface area (Å²) in [4.78, 5) is 26.0. The quantitative estimate of drug-likeness (QED) is 0.847. The molecule has 3 rings (SSSR count). The van der Waals surface area contributed by atoms with Gasteiger partial charge in [-0.25, -0.2) is 9.97 Å². The molecule has 2 aromatic rings. The molecular weight excluding hydrogens is 314 g/mol. The Hall–Kier alpha value is -2.73. The molecule has 1 aromatic heterocycles. The van der Waals surface area contributed by atoms with Gasteiger partial charge in [0.1, 0.15) is 11.5 Å². The van der Waals surface area contributed by atoms with Crippen LogP contribution < -0.4 is 5.32 Å². The number of benzene rings is 1. The van der Waals surface area contributed by atoms with Gasteiger partial charge in [0.2, 0.25) is 0 Å². The molecule has 1 aromatic carbocycles. The fraction of sp³-hybridized carbons (Fsp3) is 0.316. The van der Waals surface area contributed by atoms with Crippen molar-refractivity contribution in [3.63, 3.8) is 0 Å². The third-order valence-corrected chi connectivity index (χ3v) is 4.20. The summed E-state index contributed by atoms with van der Waals surface area (Å²) in [5.74, 6) is 1.13. The standard InChI is InChI=1S/C19H23N5O/c1-3-9-20-17-14-16(19(25)24-12-10-23(2)11-13-24)21-18(22-17)15-7-5-4-6-8-15/h3-8,14H,1,9-13H2,2H3,(H,20,21,22). The number of hydrogen-bond acceptors (Lipinski definition) is 5. The van der Waals surface area contributed by atoms with Gasteiger partial charge in [-0.3, -0.25) is 4.79 Å². The molecule has 0 unspecified atom stereocenters. The maximum atomic E-state index is 12.9. The van der Waals surface area contributed by atoms with Crippen LogP contribution in [0.3, 0.4) is 0 Å². The first kappa shape index (κ1) is 17.1. The van der Waals surface area contributed by atoms with E-state index < -0.39 is 0 Å². The lowest BCUT2D eigenvalue weighted by Crippen LogP contribution is -2.47. The summed E-state index contributed by atoms with van der Waals surface area (Å²) < 4.78 is 0. The largest absolute Gasteiger partial charge is 0.366 e. The van der Waals surface area contributed by atoms with E-state index in [-0.39, 0.29) is 5.91 Å². The van der Waals surface area contributed by atoms with Crippen molar-refractivity contribution < 1.29 is 4.79 Å². The number of carbonyl (C=O) groups excluding carboxylic acids is 1. The second-order valence-corrected chi connectivity index (χ2v) is 6.09. The van der Waals surface area contributed by atoms with Crippen molar-refractivity contribution in [2.45, 2.75) is 0 Å². The molecule has 1 aliphatic rings. The Balaban J connectivity index is 1.91. The van der Waals surface area contributed by atoms with Gasteiger partial charge < -0.3 is 15.1 Å². The van der Waals surface area contributed by atoms with Gasteiger partial charge in [-0.15, -0.1) is 6.58 Å². The molecule has 0 aliphatic carbocycles. The van der Waals surface area contributed by atoms with Gasteiger partial charge >= 0.3 is 0 Å². The number of aromatic nitrogens is 2. The van der Waals surface area contributed by atoms with Crippen molar-refractivity contribution in [2.24, 2.45) is 0 Å². The normalized spacial score (nSPS) is 15.0. The second kappa shape index (κ2) is 7.90. The highest BCUT2D eigenvalue weighted by atomic mass is 16.2. The first-order chi connectivity index (χ1) is 12.2. The number of hydrogen-bond donors (Lipinski definition) is 1. The lowest BCUT2D eigenvalue weighted by Gasteiger charge is -2.32. The number of carbonyl (C=O) groups is 1. The van der Waals surface area contributed by atoms with Crippen LogP contribution in [-0.4, -0.2) is 65.4 Å². The second-order valence-electron chi connectivity index (χ2n) is 6.09. The predicted octanol–water partition coefficient (Wildman–Crippen LogP) is 2.13. The molecule has 0 atom stereocenters. The zero-order valence-corrected chi connectivity index (χ0v) is 14.5. The highest BCUT2D eigenvalue weighted by Crippen LogP contribution is 2.19. The summed E-state index contributed by atoms with van der Waals surface area (Å²) in [5.41, 5.74) is 1.31. The van der Waals surface area contributed by atoms with Gasteiger partial charge in [-0.1, -0.05) is 36.4 Å². The van der Waals surface area contributed by atoms with Crippen molar-refractivity contribution in [1.29, 1.82) is 0 Å². The van der Waals surface area contributed by atoms with Crippen LogP contribution in [0.25, 0.3) is 11.4 Å². The first-order valence-electron chi connectivity index (χ1n) is 8.44. The van der Waals surface area contributed by atoms with Gasteiger partial charge in [0.05, 0.1) is 0 Å². The summed E-state index contributed by atoms with van der Waals surface area (Å²) >= 11 is 0. The zero-order chi connectivity index (χ0) is 17.6. The Bertz CT molecular complexity index is 739. The molecule has 0 spiro atoms. The number of likely N-dealkylation sites (N-methyl/N-ethyl adjacent to an activating group) is 1. The molecule has 1 aliphatic heterocycles. The molecule has 1 N–H and O–H groups in total. The molecule has 1 amide bonds. The summed E-state index contributed by atoms with van der Waals surface area (Å²) in [6.45, 7) is 7.48. The monoisotopic (exact) mass is 337 g/mol. The molecule has 25 heavy (non-hydrogen) atoms. The molecule has 0 saturated carbocycles. The van der Waals surface area contributed by atoms with E-state index in [4.69, 9.17) is 0 Å². The van der Waals surface area contributed by atoms with Crippen LogP contribution in [0.2, 0.25) is 0 Å². The van der Waals surface area contributed by atoms with E-state index in [1.807, 2.05) is 35.2 Å². The number of rotatable bonds is 5. The van der Waals surface area contributed by atoms with E-state index >= 15 is 0 Å². The number of anilines is 1. The average molecular weight is 337 g/mol. The third-order valence-electron chi connectivity index (χ3n) is 4.20. The zero-order valence-electron chi connectivity index (χ0n) is 14.5. The molecule has 1 saturated heterocycles. The molecule has 0 radical (unpaired) electrons. The molecule has 6 heteroatoms. The van der Waals surface area contributed by atoms with Crippen LogP contribution in [0.1, 0.15) is 10.5 Å². The van der Waals surface area contributed by atoms with Crippen molar-refractivity contribution in [3.05, 3.63) is 54.7 Å². The van der Waals surface area contributed by atoms with E-state index in [2.05, 4.69) is 33.8 Å². The molecular formula is C19H23N5O. The van der Waals surface area contributed by atoms with Gasteiger partial charge in [0.25, 0.3) is 5.91 Å². The maximum Gasteiger partial charge on any atom is 0.272 e. The van der Waals surface area contributed by atoms with Gasteiger partial charge in [0.15, 0.2) is 5.82 Å². The molecule has 1 fully saturated rings. The Labute approximate surface area is 148 Å². The third kappa shape index (κ3) is 4.22. The van der Waals surface area contributed by atoms with Crippen LogP contribution in [0.5, 0.6) is 0 Å². The van der Waals surface area contributed by atoms with Crippen LogP contribution in [0.4, 0.5) is 5.82 Å². The van der Waals surface area contributed by atoms with E-state index in [0.29, 0.717) is 23.9 Å². The highest BCUT2D eigenvalue weighted by molar-refractivity contribution is 5.93. The fourth-order valence-electron chi connectivity index (χ4n) is 2.71. The molecule has 6 nitrogen and oxygen atoms in total. The SMILES string of the molecule is C=CCNc1cc(C(=O)N2CCN(C)CC2)nc(-c2ccccc2)n1. The summed E-state index contributed by atoms with van der Waals surface area (Å²) in [5, 5.41) is 3.16. The van der Waals surface area contributed by atoms with Gasteiger partial charge in [-0.2, -0.15) is 0 Å². The van der Waals surface area contributed by atoms with Gasteiger partial charge in [0, 0.05) is 44.4 Å². The summed E-state index contributed by atoms with van der Waals surface area (Å²) in [7, 11) is 2.07. The summed E-state index contributed by atoms with van der Waals surface area (Å²) in [6, 6.07) is 11.4. The summed E-state index contributed by atoms with van der Waals surface area (Å²) in [6.07, 6.45) is 1.76. The van der Waals surface area contributed by atoms with Gasteiger partial charge in [-0.05, 0) is 7.05 Å². The first-order valence-corrected chi connectivity index (χ1v) is 8.44. The van der Waals surface area contributed by atoms with Crippen molar-refractivity contribution in [2.75, 3.05) is 45.1 Å². The Morgan fingerprint density at radius 3 is 2.60 bits per heavy atom. The van der Waals surface area contributed by atoms with Crippen LogP contribution in [0.15, 0.2) is 49.1 Å². The van der Waals surface area contributed by atoms with E-state index in [0.717, 1.165) is 31.7 Å². The average Bonchev–Trinajstić information content (AvgIpc) is 2.67. The van der Waals surface area contributed by atoms with E-state index in [9.17, 15) is 4.79 Å². The van der Waals surface area contributed by atoms with E-state index in [1.54, 1.807) is 12.1 Å². The smallest absolute Gasteiger partial charge is 0.272 e. The number of amides is 1. The lowest BCUT2D eigenvalue weighted by atomic mass is 10.2. The fourth-order valence-corrected chi connectivity index (χ4v) is 2.71. The molecule has 0 bridgehead atoms. The minimum Gasteiger partial charge on any atom is -0.366 e. The van der Waals surface area contributed by atoms with E-state index in [1.165, 1.54) is 0 Å². The Kier molecular flexibility index (Phi) is 5.40. The van der Waals surface area contributed by atoms with Crippen molar-refractivity contribution in [1.82, 2.24) is 19.8 Å². The van der Waals surface area contributed by atoms with Crippen molar-refractivity contribution in [3.8, 4) is 11.4 Å². The minimum absolute atomic E-state index is 0.0469. The van der Waals surface area contributed by atoms with Crippen LogP contribution in [-0.2, 0) is 0 Å². The number of piperazine rings is 1. The van der Waals surface area contributed by atoms with Crippen LogP contribution >= 0.6 is 0 Å². The molecule has 130 valence electrons. The Morgan fingerprint density at radius 2 is 1.92 bits per heavy atom. The highest BCUT2D eigenvalue weighted by Gasteiger charge is 2.22. The van der Waals surface area contributed by atoms with Crippen molar-refractivity contribution >= 4 is 11.7 Å². The Morgan fingerprint density at radius 1 is 1.20 bits per heavy atom. The topological polar surface area (TPSA) is 61.4 Å². The number of nitrogens with zero attached hydrogens (tertiary/aromatic N) is 4. The van der Waals surface area contributed by atoms with Crippen LogP contribution in [0, 0.1) is 0 Å². The predicted molar refractivity (Wildman–Crippen MR) is 99.6 cm³/mol. The minimum atomic E-state index is -0.0469. The molecule has 2 heterocycles. The maximum absolute atomic E-state index is 12.9. The number of nitrogens with one attached hydrogen (secondary N) is 1. The lowest BCUT2D eigenvalue weighted by molar-refractivity contribution is 0.0658.